The lowest BCUT2D eigenvalue weighted by Crippen LogP contribution is -1.91. The summed E-state index contributed by atoms with van der Waals surface area (Å²) in [4.78, 5) is 4.08. The fourth-order valence-corrected chi connectivity index (χ4v) is 1.53. The topological polar surface area (TPSA) is 17.8 Å². The molecule has 1 aromatic carbocycles. The van der Waals surface area contributed by atoms with Crippen molar-refractivity contribution >= 4 is 0 Å². The fourth-order valence-electron chi connectivity index (χ4n) is 1.53. The Hall–Kier alpha value is -2.08. The lowest BCUT2D eigenvalue weighted by atomic mass is 10.1. The molecule has 0 aliphatic rings. The van der Waals surface area contributed by atoms with Gasteiger partial charge in [-0.2, -0.15) is 0 Å². The Labute approximate surface area is 100 Å². The van der Waals surface area contributed by atoms with Crippen molar-refractivity contribution in [2.75, 3.05) is 0 Å². The van der Waals surface area contributed by atoms with Gasteiger partial charge in [-0.15, -0.1) is 0 Å². The number of nitrogens with zero attached hydrogens (tertiary/aromatic N) is 2. The molecule has 0 aliphatic heterocycles. The van der Waals surface area contributed by atoms with Crippen LogP contribution in [-0.4, -0.2) is 9.55 Å². The average molecular weight is 228 g/mol. The van der Waals surface area contributed by atoms with E-state index in [1.807, 2.05) is 30.8 Å². The molecule has 0 aliphatic carbocycles. The summed E-state index contributed by atoms with van der Waals surface area (Å²) in [7, 11) is 1.87. The van der Waals surface area contributed by atoms with E-state index in [0.717, 1.165) is 0 Å². The van der Waals surface area contributed by atoms with Crippen LogP contribution in [-0.2, 0) is 13.5 Å². The van der Waals surface area contributed by atoms with Crippen LogP contribution in [0.3, 0.4) is 0 Å². The minimum Gasteiger partial charge on any atom is -0.327 e. The Bertz CT molecular complexity index is 588. The highest BCUT2D eigenvalue weighted by Crippen LogP contribution is 2.10. The summed E-state index contributed by atoms with van der Waals surface area (Å²) in [5, 5.41) is 0. The fraction of sp³-hybridized carbons (Fsp3) is 0.214. The van der Waals surface area contributed by atoms with Crippen LogP contribution in [0.5, 0.6) is 0 Å². The van der Waals surface area contributed by atoms with E-state index in [2.05, 4.69) is 16.8 Å². The van der Waals surface area contributed by atoms with Crippen LogP contribution in [0, 0.1) is 17.7 Å². The number of halogens is 1. The first kappa shape index (κ1) is 11.4. The first-order chi connectivity index (χ1) is 8.20. The normalized spacial score (nSPS) is 9.82. The highest BCUT2D eigenvalue weighted by Gasteiger charge is 2.00. The third kappa shape index (κ3) is 2.54. The van der Waals surface area contributed by atoms with E-state index in [4.69, 9.17) is 0 Å². The van der Waals surface area contributed by atoms with Crippen molar-refractivity contribution < 1.29 is 4.39 Å². The van der Waals surface area contributed by atoms with Gasteiger partial charge < -0.3 is 4.57 Å². The summed E-state index contributed by atoms with van der Waals surface area (Å²) in [6.07, 6.45) is 4.20. The molecule has 3 heteroatoms. The molecule has 0 amide bonds. The van der Waals surface area contributed by atoms with Gasteiger partial charge in [0.15, 0.2) is 5.82 Å². The molecule has 0 unspecified atom stereocenters. The quantitative estimate of drug-likeness (QED) is 0.686. The minimum absolute atomic E-state index is 0.195. The van der Waals surface area contributed by atoms with Crippen LogP contribution in [0.25, 0.3) is 0 Å². The molecular weight excluding hydrogens is 215 g/mol. The Balaban J connectivity index is 2.29. The number of benzene rings is 1. The molecule has 2 nitrogen and oxygen atoms in total. The van der Waals surface area contributed by atoms with E-state index in [1.165, 1.54) is 6.07 Å². The molecule has 0 atom stereocenters. The number of aryl methyl sites for hydroxylation is 2. The van der Waals surface area contributed by atoms with Gasteiger partial charge in [0, 0.05) is 25.0 Å². The maximum absolute atomic E-state index is 13.5. The zero-order chi connectivity index (χ0) is 12.3. The van der Waals surface area contributed by atoms with Crippen molar-refractivity contribution in [2.45, 2.75) is 13.3 Å². The molecule has 0 saturated heterocycles. The molecule has 2 aromatic rings. The molecule has 0 radical (unpaired) electrons. The van der Waals surface area contributed by atoms with E-state index in [-0.39, 0.29) is 5.82 Å². The summed E-state index contributed by atoms with van der Waals surface area (Å²) in [6.45, 7) is 1.93. The van der Waals surface area contributed by atoms with E-state index in [1.54, 1.807) is 12.3 Å². The van der Waals surface area contributed by atoms with Crippen molar-refractivity contribution in [3.05, 3.63) is 53.4 Å². The van der Waals surface area contributed by atoms with Crippen LogP contribution < -0.4 is 0 Å². The Morgan fingerprint density at radius 1 is 1.35 bits per heavy atom. The first-order valence-electron chi connectivity index (χ1n) is 5.48. The third-order valence-electron chi connectivity index (χ3n) is 2.57. The Morgan fingerprint density at radius 3 is 2.76 bits per heavy atom. The van der Waals surface area contributed by atoms with Crippen LogP contribution >= 0.6 is 0 Å². The minimum atomic E-state index is -0.195. The van der Waals surface area contributed by atoms with Crippen molar-refractivity contribution in [1.29, 1.82) is 0 Å². The summed E-state index contributed by atoms with van der Waals surface area (Å²) >= 11 is 0. The second kappa shape index (κ2) is 4.84. The van der Waals surface area contributed by atoms with Crippen molar-refractivity contribution in [2.24, 2.45) is 7.05 Å². The molecule has 1 heterocycles. The van der Waals surface area contributed by atoms with Gasteiger partial charge in [-0.1, -0.05) is 18.9 Å². The van der Waals surface area contributed by atoms with E-state index < -0.39 is 0 Å². The van der Waals surface area contributed by atoms with Crippen molar-refractivity contribution in [3.8, 4) is 11.8 Å². The molecule has 2 rings (SSSR count). The van der Waals surface area contributed by atoms with Crippen LogP contribution in [0.4, 0.5) is 4.39 Å². The number of imidazole rings is 1. The predicted octanol–water partition coefficient (Wildman–Crippen LogP) is 2.52. The molecule has 0 fully saturated rings. The maximum Gasteiger partial charge on any atom is 0.185 e. The zero-order valence-electron chi connectivity index (χ0n) is 9.87. The zero-order valence-corrected chi connectivity index (χ0v) is 9.87. The van der Waals surface area contributed by atoms with Gasteiger partial charge in [-0.3, -0.25) is 0 Å². The molecular formula is C14H13FN2. The molecule has 86 valence electrons. The highest BCUT2D eigenvalue weighted by atomic mass is 19.1. The monoisotopic (exact) mass is 228 g/mol. The smallest absolute Gasteiger partial charge is 0.185 e. The van der Waals surface area contributed by atoms with Crippen molar-refractivity contribution in [1.82, 2.24) is 9.55 Å². The van der Waals surface area contributed by atoms with Crippen molar-refractivity contribution in [3.63, 3.8) is 0 Å². The van der Waals surface area contributed by atoms with Crippen LogP contribution in [0.1, 0.15) is 23.9 Å². The highest BCUT2D eigenvalue weighted by molar-refractivity contribution is 5.40. The second-order valence-electron chi connectivity index (χ2n) is 3.77. The van der Waals surface area contributed by atoms with Gasteiger partial charge in [-0.05, 0) is 30.0 Å². The lowest BCUT2D eigenvalue weighted by molar-refractivity contribution is 0.612. The molecule has 0 spiro atoms. The molecule has 0 N–H and O–H groups in total. The van der Waals surface area contributed by atoms with Gasteiger partial charge in [0.2, 0.25) is 0 Å². The van der Waals surface area contributed by atoms with Crippen LogP contribution in [0.15, 0.2) is 30.6 Å². The maximum atomic E-state index is 13.5. The molecule has 0 saturated carbocycles. The summed E-state index contributed by atoms with van der Waals surface area (Å²) in [5.41, 5.74) is 1.38. The molecule has 0 bridgehead atoms. The molecule has 17 heavy (non-hydrogen) atoms. The molecule has 1 aromatic heterocycles. The summed E-state index contributed by atoms with van der Waals surface area (Å²) in [6, 6.07) is 5.07. The van der Waals surface area contributed by atoms with Gasteiger partial charge in [0.1, 0.15) is 5.82 Å². The van der Waals surface area contributed by atoms with E-state index >= 15 is 0 Å². The van der Waals surface area contributed by atoms with Gasteiger partial charge in [0.25, 0.3) is 0 Å². The van der Waals surface area contributed by atoms with Crippen LogP contribution in [0.2, 0.25) is 0 Å². The standard InChI is InChI=1S/C14H13FN2/c1-3-12-6-4-11(10-13(12)15)5-7-14-16-8-9-17(14)2/h4,6,8-10H,3H2,1-2H3. The Kier molecular flexibility index (Phi) is 3.24. The Morgan fingerprint density at radius 2 is 2.18 bits per heavy atom. The third-order valence-corrected chi connectivity index (χ3v) is 2.57. The number of rotatable bonds is 1. The van der Waals surface area contributed by atoms with E-state index in [0.29, 0.717) is 23.4 Å². The SMILES string of the molecule is CCc1ccc(C#Cc2nccn2C)cc1F. The number of aromatic nitrogens is 2. The number of hydrogen-bond donors (Lipinski definition) is 0. The summed E-state index contributed by atoms with van der Waals surface area (Å²) < 4.78 is 15.3. The van der Waals surface area contributed by atoms with Gasteiger partial charge in [0.05, 0.1) is 0 Å². The lowest BCUT2D eigenvalue weighted by Gasteiger charge is -1.98. The first-order valence-corrected chi connectivity index (χ1v) is 5.48. The van der Waals surface area contributed by atoms with Gasteiger partial charge in [-0.25, -0.2) is 9.37 Å². The second-order valence-corrected chi connectivity index (χ2v) is 3.77. The average Bonchev–Trinajstić information content (AvgIpc) is 2.72. The van der Waals surface area contributed by atoms with E-state index in [9.17, 15) is 4.39 Å². The predicted molar refractivity (Wildman–Crippen MR) is 65.0 cm³/mol. The van der Waals surface area contributed by atoms with Gasteiger partial charge >= 0.3 is 0 Å². The number of hydrogen-bond acceptors (Lipinski definition) is 1. The largest absolute Gasteiger partial charge is 0.327 e. The summed E-state index contributed by atoms with van der Waals surface area (Å²) in [5.74, 6) is 6.29.